The van der Waals surface area contributed by atoms with E-state index in [2.05, 4.69) is 46.2 Å². The molecule has 4 nitrogen and oxygen atoms in total. The van der Waals surface area contributed by atoms with Gasteiger partial charge in [-0.05, 0) is 58.8 Å². The summed E-state index contributed by atoms with van der Waals surface area (Å²) >= 11 is 5.89. The molecule has 0 fully saturated rings. The topological polar surface area (TPSA) is 53.5 Å². The Balaban J connectivity index is 1.54. The van der Waals surface area contributed by atoms with Gasteiger partial charge in [-0.1, -0.05) is 60.1 Å². The van der Waals surface area contributed by atoms with E-state index in [-0.39, 0.29) is 5.91 Å². The predicted octanol–water partition coefficient (Wildman–Crippen LogP) is 5.60. The number of carbonyl (C=O) groups is 1. The lowest BCUT2D eigenvalue weighted by Crippen LogP contribution is -2.34. The first-order chi connectivity index (χ1) is 14.1. The Morgan fingerprint density at radius 2 is 1.52 bits per heavy atom. The van der Waals surface area contributed by atoms with E-state index < -0.39 is 6.04 Å². The fourth-order valence-electron chi connectivity index (χ4n) is 3.31. The quantitative estimate of drug-likeness (QED) is 0.260. The summed E-state index contributed by atoms with van der Waals surface area (Å²) in [6.45, 7) is 1.78. The first-order valence-electron chi connectivity index (χ1n) is 9.37. The van der Waals surface area contributed by atoms with Crippen molar-refractivity contribution in [3.8, 4) is 0 Å². The summed E-state index contributed by atoms with van der Waals surface area (Å²) in [6, 6.07) is 25.3. The highest BCUT2D eigenvalue weighted by atomic mass is 35.5. The molecule has 0 heterocycles. The second kappa shape index (κ2) is 8.33. The van der Waals surface area contributed by atoms with Crippen LogP contribution in [0.4, 0.5) is 5.69 Å². The molecule has 0 bridgehead atoms. The van der Waals surface area contributed by atoms with Crippen molar-refractivity contribution in [3.05, 3.63) is 89.4 Å². The first kappa shape index (κ1) is 19.0. The predicted molar refractivity (Wildman–Crippen MR) is 122 cm³/mol. The molecule has 4 aromatic rings. The molecule has 4 aromatic carbocycles. The van der Waals surface area contributed by atoms with Crippen LogP contribution in [-0.2, 0) is 4.79 Å². The summed E-state index contributed by atoms with van der Waals surface area (Å²) in [5.74, 6) is -0.222. The van der Waals surface area contributed by atoms with Crippen LogP contribution in [0.3, 0.4) is 0 Å². The van der Waals surface area contributed by atoms with E-state index in [9.17, 15) is 4.79 Å². The fourth-order valence-corrected chi connectivity index (χ4v) is 3.43. The molecule has 0 aromatic heterocycles. The van der Waals surface area contributed by atoms with Gasteiger partial charge < -0.3 is 5.32 Å². The van der Waals surface area contributed by atoms with Gasteiger partial charge in [0.25, 0.3) is 5.91 Å². The van der Waals surface area contributed by atoms with Gasteiger partial charge in [-0.15, -0.1) is 0 Å². The largest absolute Gasteiger partial charge is 0.374 e. The number of fused-ring (bicyclic) bond motifs is 2. The van der Waals surface area contributed by atoms with Crippen molar-refractivity contribution in [1.29, 1.82) is 0 Å². The Morgan fingerprint density at radius 1 is 0.931 bits per heavy atom. The van der Waals surface area contributed by atoms with Gasteiger partial charge in [0, 0.05) is 16.3 Å². The van der Waals surface area contributed by atoms with Crippen molar-refractivity contribution in [2.24, 2.45) is 5.10 Å². The average Bonchev–Trinajstić information content (AvgIpc) is 2.74. The van der Waals surface area contributed by atoms with Crippen LogP contribution in [0, 0.1) is 0 Å². The van der Waals surface area contributed by atoms with Gasteiger partial charge in [-0.3, -0.25) is 4.79 Å². The fraction of sp³-hybridized carbons (Fsp3) is 0.0833. The van der Waals surface area contributed by atoms with E-state index in [0.717, 1.165) is 32.8 Å². The minimum atomic E-state index is -0.447. The lowest BCUT2D eigenvalue weighted by atomic mass is 9.97. The maximum Gasteiger partial charge on any atom is 0.262 e. The van der Waals surface area contributed by atoms with Crippen molar-refractivity contribution >= 4 is 51.0 Å². The Morgan fingerprint density at radius 3 is 2.14 bits per heavy atom. The molecule has 2 N–H and O–H groups in total. The van der Waals surface area contributed by atoms with Gasteiger partial charge >= 0.3 is 0 Å². The highest BCUT2D eigenvalue weighted by Crippen LogP contribution is 2.27. The summed E-state index contributed by atoms with van der Waals surface area (Å²) in [5, 5.41) is 12.5. The Labute approximate surface area is 174 Å². The van der Waals surface area contributed by atoms with Crippen LogP contribution < -0.4 is 10.7 Å². The van der Waals surface area contributed by atoms with E-state index >= 15 is 0 Å². The van der Waals surface area contributed by atoms with Crippen molar-refractivity contribution in [1.82, 2.24) is 5.43 Å². The van der Waals surface area contributed by atoms with Gasteiger partial charge in [-0.2, -0.15) is 5.10 Å². The Hall–Kier alpha value is -3.37. The number of hydrogen-bond donors (Lipinski definition) is 2. The van der Waals surface area contributed by atoms with Crippen LogP contribution in [0.1, 0.15) is 12.5 Å². The summed E-state index contributed by atoms with van der Waals surface area (Å²) < 4.78 is 0. The first-order valence-corrected chi connectivity index (χ1v) is 9.75. The summed E-state index contributed by atoms with van der Waals surface area (Å²) in [5.41, 5.74) is 4.44. The second-order valence-electron chi connectivity index (χ2n) is 6.84. The Kier molecular flexibility index (Phi) is 5.45. The highest BCUT2D eigenvalue weighted by molar-refractivity contribution is 6.30. The number of carbonyl (C=O) groups excluding carboxylic acids is 1. The number of rotatable bonds is 5. The zero-order valence-electron chi connectivity index (χ0n) is 15.9. The second-order valence-corrected chi connectivity index (χ2v) is 7.28. The third kappa shape index (κ3) is 4.23. The van der Waals surface area contributed by atoms with Gasteiger partial charge in [0.1, 0.15) is 6.04 Å². The number of hydrogen-bond acceptors (Lipinski definition) is 3. The molecular formula is C24H20ClN3O. The van der Waals surface area contributed by atoms with Crippen LogP contribution in [0.15, 0.2) is 84.0 Å². The molecular weight excluding hydrogens is 382 g/mol. The third-order valence-electron chi connectivity index (χ3n) is 4.80. The maximum absolute atomic E-state index is 12.4. The van der Waals surface area contributed by atoms with Crippen molar-refractivity contribution in [2.75, 3.05) is 5.32 Å². The number of nitrogens with one attached hydrogen (secondary N) is 2. The van der Waals surface area contributed by atoms with Crippen molar-refractivity contribution in [3.63, 3.8) is 0 Å². The van der Waals surface area contributed by atoms with E-state index in [0.29, 0.717) is 5.02 Å². The van der Waals surface area contributed by atoms with Crippen molar-refractivity contribution < 1.29 is 4.79 Å². The monoisotopic (exact) mass is 401 g/mol. The van der Waals surface area contributed by atoms with Crippen molar-refractivity contribution in [2.45, 2.75) is 13.0 Å². The molecule has 0 radical (unpaired) electrons. The maximum atomic E-state index is 12.4. The summed E-state index contributed by atoms with van der Waals surface area (Å²) in [4.78, 5) is 12.4. The lowest BCUT2D eigenvalue weighted by molar-refractivity contribution is -0.121. The van der Waals surface area contributed by atoms with Crippen LogP contribution >= 0.6 is 11.6 Å². The van der Waals surface area contributed by atoms with Gasteiger partial charge in [0.2, 0.25) is 0 Å². The number of amides is 1. The van der Waals surface area contributed by atoms with E-state index in [1.165, 1.54) is 0 Å². The standard InChI is InChI=1S/C24H20ClN3O/c1-16(27-20-12-10-19(25)11-13-20)24(29)28-26-15-23-21-8-4-2-6-17(21)14-18-7-3-5-9-22(18)23/h2-16,27H,1H3,(H,28,29)/b26-15-/t16-/m1/s1. The van der Waals surface area contributed by atoms with Crippen LogP contribution in [0.25, 0.3) is 21.5 Å². The number of anilines is 1. The lowest BCUT2D eigenvalue weighted by Gasteiger charge is -2.13. The molecule has 4 rings (SSSR count). The van der Waals surface area contributed by atoms with Crippen LogP contribution in [-0.4, -0.2) is 18.2 Å². The molecule has 1 atom stereocenters. The van der Waals surface area contributed by atoms with Crippen LogP contribution in [0.2, 0.25) is 5.02 Å². The molecule has 0 aliphatic heterocycles. The molecule has 0 unspecified atom stereocenters. The molecule has 0 aliphatic carbocycles. The van der Waals surface area contributed by atoms with E-state index in [1.54, 1.807) is 25.3 Å². The summed E-state index contributed by atoms with van der Waals surface area (Å²) in [7, 11) is 0. The zero-order valence-corrected chi connectivity index (χ0v) is 16.6. The number of nitrogens with zero attached hydrogens (tertiary/aromatic N) is 1. The molecule has 0 spiro atoms. The SMILES string of the molecule is C[C@@H](Nc1ccc(Cl)cc1)C(=O)N/N=C\c1c2ccccc2cc2ccccc12. The number of halogens is 1. The Bertz CT molecular complexity index is 1150. The van der Waals surface area contributed by atoms with Gasteiger partial charge in [0.05, 0.1) is 6.21 Å². The smallest absolute Gasteiger partial charge is 0.262 e. The molecule has 0 saturated heterocycles. The number of benzene rings is 4. The summed E-state index contributed by atoms with van der Waals surface area (Å²) in [6.07, 6.45) is 1.72. The van der Waals surface area contributed by atoms with Crippen LogP contribution in [0.5, 0.6) is 0 Å². The molecule has 1 amide bonds. The van der Waals surface area contributed by atoms with Gasteiger partial charge in [-0.25, -0.2) is 5.43 Å². The minimum absolute atomic E-state index is 0.222. The van der Waals surface area contributed by atoms with Gasteiger partial charge in [0.15, 0.2) is 0 Å². The average molecular weight is 402 g/mol. The molecule has 0 saturated carbocycles. The number of hydrazone groups is 1. The minimum Gasteiger partial charge on any atom is -0.374 e. The third-order valence-corrected chi connectivity index (χ3v) is 5.05. The molecule has 29 heavy (non-hydrogen) atoms. The van der Waals surface area contributed by atoms with E-state index in [1.807, 2.05) is 36.4 Å². The molecule has 0 aliphatic rings. The highest BCUT2D eigenvalue weighted by Gasteiger charge is 2.12. The van der Waals surface area contributed by atoms with E-state index in [4.69, 9.17) is 11.6 Å². The normalized spacial score (nSPS) is 12.3. The molecule has 144 valence electrons. The zero-order chi connectivity index (χ0) is 20.2. The molecule has 5 heteroatoms.